The summed E-state index contributed by atoms with van der Waals surface area (Å²) in [5.41, 5.74) is 1.24. The third kappa shape index (κ3) is 8.99. The molecule has 0 unspecified atom stereocenters. The summed E-state index contributed by atoms with van der Waals surface area (Å²) < 4.78 is 23.8. The largest absolute Gasteiger partial charge is 0.354 e. The van der Waals surface area contributed by atoms with E-state index in [4.69, 9.17) is 0 Å². The van der Waals surface area contributed by atoms with Gasteiger partial charge in [-0.15, -0.1) is 11.3 Å². The summed E-state index contributed by atoms with van der Waals surface area (Å²) in [4.78, 5) is 60.1. The molecule has 0 spiro atoms. The summed E-state index contributed by atoms with van der Waals surface area (Å²) >= 11 is 1.28. The van der Waals surface area contributed by atoms with E-state index in [0.717, 1.165) is 37.9 Å². The van der Waals surface area contributed by atoms with Crippen LogP contribution in [-0.2, 0) is 26.0 Å². The molecule has 2 atom stereocenters. The smallest absolute Gasteiger partial charge is 0.274 e. The van der Waals surface area contributed by atoms with Gasteiger partial charge in [-0.1, -0.05) is 26.0 Å². The fourth-order valence-electron chi connectivity index (χ4n) is 6.15. The van der Waals surface area contributed by atoms with E-state index in [0.29, 0.717) is 48.2 Å². The lowest BCUT2D eigenvalue weighted by Crippen LogP contribution is -2.46. The second-order valence-corrected chi connectivity index (χ2v) is 15.6. The van der Waals surface area contributed by atoms with E-state index in [-0.39, 0.29) is 41.9 Å². The van der Waals surface area contributed by atoms with Crippen molar-refractivity contribution < 1.29 is 22.8 Å². The fourth-order valence-corrected chi connectivity index (χ4v) is 7.52. The van der Waals surface area contributed by atoms with Gasteiger partial charge in [0.05, 0.1) is 10.9 Å². The Morgan fingerprint density at radius 2 is 1.74 bits per heavy atom. The Morgan fingerprint density at radius 1 is 1.02 bits per heavy atom. The van der Waals surface area contributed by atoms with E-state index in [2.05, 4.69) is 25.2 Å². The molecule has 0 saturated carbocycles. The number of rotatable bonds is 7. The van der Waals surface area contributed by atoms with Crippen LogP contribution in [0.4, 0.5) is 0 Å². The van der Waals surface area contributed by atoms with Gasteiger partial charge < -0.3 is 15.1 Å². The lowest BCUT2D eigenvalue weighted by atomic mass is 10.1. The molecule has 252 valence electrons. The van der Waals surface area contributed by atoms with Gasteiger partial charge in [-0.05, 0) is 61.9 Å². The molecule has 5 rings (SSSR count). The molecule has 2 aliphatic heterocycles. The first-order valence-electron chi connectivity index (χ1n) is 16.1. The molecule has 4 heterocycles. The Balaban J connectivity index is 1.35. The van der Waals surface area contributed by atoms with Crippen LogP contribution in [0, 0.1) is 5.92 Å². The van der Waals surface area contributed by atoms with Gasteiger partial charge >= 0.3 is 0 Å². The zero-order valence-corrected chi connectivity index (χ0v) is 28.8. The Kier molecular flexibility index (Phi) is 11.4. The maximum Gasteiger partial charge on any atom is 0.274 e. The highest BCUT2D eigenvalue weighted by atomic mass is 32.2. The number of amides is 3. The second-order valence-electron chi connectivity index (χ2n) is 12.7. The molecule has 2 saturated heterocycles. The predicted molar refractivity (Wildman–Crippen MR) is 179 cm³/mol. The van der Waals surface area contributed by atoms with E-state index in [1.54, 1.807) is 40.9 Å². The van der Waals surface area contributed by atoms with Gasteiger partial charge in [-0.3, -0.25) is 19.3 Å². The van der Waals surface area contributed by atoms with Gasteiger partial charge in [-0.25, -0.2) is 23.4 Å². The van der Waals surface area contributed by atoms with Crippen LogP contribution in [0.5, 0.6) is 0 Å². The third-order valence-corrected chi connectivity index (χ3v) is 10.5. The predicted octanol–water partition coefficient (Wildman–Crippen LogP) is 3.26. The van der Waals surface area contributed by atoms with Crippen molar-refractivity contribution in [2.75, 3.05) is 39.0 Å². The topological polar surface area (TPSA) is 146 Å². The maximum absolute atomic E-state index is 13.9. The SMILES string of the molecule is CC(C)CC(=O)N1CCCN(Cc2ccc(S(C)(=O)=O)cc2)CCCCNC(=O)[C@@H]2C[C@H]1CN2C(=O)c1csc(-c2ncccn2)n1. The Bertz CT molecular complexity index is 1650. The first-order chi connectivity index (χ1) is 22.5. The van der Waals surface area contributed by atoms with Crippen LogP contribution in [0.25, 0.3) is 10.8 Å². The number of benzene rings is 1. The number of sulfone groups is 1. The van der Waals surface area contributed by atoms with Gasteiger partial charge in [0.25, 0.3) is 5.91 Å². The van der Waals surface area contributed by atoms with Crippen molar-refractivity contribution >= 4 is 38.9 Å². The summed E-state index contributed by atoms with van der Waals surface area (Å²) in [5, 5.41) is 5.24. The zero-order chi connectivity index (χ0) is 33.6. The number of thiazole rings is 1. The molecule has 2 bridgehead atoms. The monoisotopic (exact) mass is 681 g/mol. The third-order valence-electron chi connectivity index (χ3n) is 8.50. The number of likely N-dealkylation sites (tertiary alicyclic amines) is 1. The summed E-state index contributed by atoms with van der Waals surface area (Å²) in [7, 11) is -3.27. The number of fused-ring (bicyclic) bond motifs is 2. The second kappa shape index (κ2) is 15.4. The lowest BCUT2D eigenvalue weighted by Gasteiger charge is -2.31. The molecule has 2 aromatic heterocycles. The molecule has 14 heteroatoms. The average molecular weight is 682 g/mol. The molecule has 0 aliphatic carbocycles. The standard InChI is InChI=1S/C33H43N7O5S2/c1-23(2)18-29(41)39-17-7-16-38(20-24-8-10-26(11-9-24)47(3,44)45)15-5-4-12-36-31(42)28-19-25(39)21-40(28)33(43)27-22-46-32(37-27)30-34-13-6-14-35-30/h6,8-11,13-14,22-23,25,28H,4-5,7,12,15-21H2,1-3H3,(H,36,42)/t25-,28-/m0/s1. The van der Waals surface area contributed by atoms with Crippen LogP contribution < -0.4 is 5.32 Å². The number of carbonyl (C=O) groups is 3. The molecule has 47 heavy (non-hydrogen) atoms. The van der Waals surface area contributed by atoms with E-state index in [1.807, 2.05) is 30.9 Å². The highest BCUT2D eigenvalue weighted by Gasteiger charge is 2.43. The van der Waals surface area contributed by atoms with Crippen molar-refractivity contribution in [3.05, 3.63) is 59.4 Å². The molecule has 1 N–H and O–H groups in total. The van der Waals surface area contributed by atoms with Gasteiger partial charge in [0.15, 0.2) is 20.7 Å². The van der Waals surface area contributed by atoms with Gasteiger partial charge in [0, 0.05) is 63.2 Å². The van der Waals surface area contributed by atoms with Crippen molar-refractivity contribution in [1.29, 1.82) is 0 Å². The molecule has 3 aromatic rings. The van der Waals surface area contributed by atoms with Crippen molar-refractivity contribution in [3.8, 4) is 10.8 Å². The van der Waals surface area contributed by atoms with Crippen molar-refractivity contribution in [1.82, 2.24) is 35.0 Å². The van der Waals surface area contributed by atoms with E-state index in [9.17, 15) is 22.8 Å². The molecular formula is C33H43N7O5S2. The van der Waals surface area contributed by atoms with E-state index in [1.165, 1.54) is 17.6 Å². The molecule has 1 aromatic carbocycles. The quantitative estimate of drug-likeness (QED) is 0.397. The molecule has 2 aliphatic rings. The van der Waals surface area contributed by atoms with Crippen molar-refractivity contribution in [2.24, 2.45) is 5.92 Å². The minimum atomic E-state index is -3.27. The summed E-state index contributed by atoms with van der Waals surface area (Å²) in [6, 6.07) is 7.67. The normalized spacial score (nSPS) is 20.2. The maximum atomic E-state index is 13.9. The van der Waals surface area contributed by atoms with Gasteiger partial charge in [0.1, 0.15) is 11.7 Å². The molecule has 3 amide bonds. The van der Waals surface area contributed by atoms with E-state index < -0.39 is 15.9 Å². The number of carbonyl (C=O) groups excluding carboxylic acids is 3. The number of hydrogen-bond acceptors (Lipinski definition) is 10. The van der Waals surface area contributed by atoms with Crippen LogP contribution in [0.3, 0.4) is 0 Å². The van der Waals surface area contributed by atoms with E-state index >= 15 is 0 Å². The minimum absolute atomic E-state index is 0.0191. The highest BCUT2D eigenvalue weighted by molar-refractivity contribution is 7.90. The van der Waals surface area contributed by atoms with Crippen LogP contribution in [0.2, 0.25) is 0 Å². The van der Waals surface area contributed by atoms with Gasteiger partial charge in [-0.2, -0.15) is 0 Å². The van der Waals surface area contributed by atoms with Gasteiger partial charge in [0.2, 0.25) is 11.8 Å². The molecular weight excluding hydrogens is 639 g/mol. The Hall–Kier alpha value is -3.75. The highest BCUT2D eigenvalue weighted by Crippen LogP contribution is 2.28. The lowest BCUT2D eigenvalue weighted by molar-refractivity contribution is -0.134. The van der Waals surface area contributed by atoms with Crippen LogP contribution >= 0.6 is 11.3 Å². The number of nitrogens with zero attached hydrogens (tertiary/aromatic N) is 6. The van der Waals surface area contributed by atoms with Crippen molar-refractivity contribution in [2.45, 2.75) is 69.5 Å². The van der Waals surface area contributed by atoms with Crippen LogP contribution in [0.15, 0.2) is 53.0 Å². The summed E-state index contributed by atoms with van der Waals surface area (Å²) in [6.07, 6.45) is 7.51. The summed E-state index contributed by atoms with van der Waals surface area (Å²) in [5.74, 6) is 0.0409. The number of nitrogens with one attached hydrogen (secondary N) is 1. The molecule has 0 radical (unpaired) electrons. The number of aromatic nitrogens is 3. The van der Waals surface area contributed by atoms with Crippen LogP contribution in [-0.4, -0.2) is 107 Å². The first-order valence-corrected chi connectivity index (χ1v) is 18.9. The zero-order valence-electron chi connectivity index (χ0n) is 27.2. The van der Waals surface area contributed by atoms with Crippen molar-refractivity contribution in [3.63, 3.8) is 0 Å². The summed E-state index contributed by atoms with van der Waals surface area (Å²) in [6.45, 7) is 7.42. The average Bonchev–Trinajstić information content (AvgIpc) is 3.71. The molecule has 2 fully saturated rings. The fraction of sp³-hybridized carbons (Fsp3) is 0.515. The van der Waals surface area contributed by atoms with Crippen LogP contribution in [0.1, 0.15) is 62.0 Å². The minimum Gasteiger partial charge on any atom is -0.354 e. The molecule has 12 nitrogen and oxygen atoms in total. The first kappa shape index (κ1) is 34.6. The Labute approximate surface area is 280 Å². The Morgan fingerprint density at radius 3 is 2.45 bits per heavy atom. The number of hydrogen-bond donors (Lipinski definition) is 1.